The third kappa shape index (κ3) is 1.88. The summed E-state index contributed by atoms with van der Waals surface area (Å²) in [6.07, 6.45) is 2.70. The van der Waals surface area contributed by atoms with Crippen LogP contribution in [0.2, 0.25) is 0 Å². The molecule has 0 saturated carbocycles. The van der Waals surface area contributed by atoms with Crippen molar-refractivity contribution in [2.75, 3.05) is 0 Å². The lowest BCUT2D eigenvalue weighted by molar-refractivity contribution is 0.101. The van der Waals surface area contributed by atoms with Crippen LogP contribution < -0.4 is 11.2 Å². The van der Waals surface area contributed by atoms with Gasteiger partial charge in [-0.1, -0.05) is 0 Å². The molecule has 2 aromatic rings. The zero-order chi connectivity index (χ0) is 13.3. The molecule has 92 valence electrons. The number of Topliss-reactive ketones (excluding diaryl/α,β-unsaturated/α-hetero) is 1. The highest BCUT2D eigenvalue weighted by Crippen LogP contribution is 2.05. The Bertz CT molecular complexity index is 728. The van der Waals surface area contributed by atoms with E-state index >= 15 is 0 Å². The van der Waals surface area contributed by atoms with E-state index in [1.165, 1.54) is 6.92 Å². The molecule has 0 aliphatic heterocycles. The van der Waals surface area contributed by atoms with Crippen LogP contribution in [0.3, 0.4) is 0 Å². The van der Waals surface area contributed by atoms with Crippen molar-refractivity contribution in [2.45, 2.75) is 13.8 Å². The van der Waals surface area contributed by atoms with Crippen molar-refractivity contribution in [1.82, 2.24) is 14.5 Å². The smallest absolute Gasteiger partial charge is 0.313 e. The normalized spacial score (nSPS) is 10.3. The fraction of sp³-hybridized carbons (Fsp3) is 0.167. The number of rotatable bonds is 2. The summed E-state index contributed by atoms with van der Waals surface area (Å²) in [5, 5.41) is 0. The second-order valence-corrected chi connectivity index (χ2v) is 3.81. The molecule has 0 aliphatic carbocycles. The quantitative estimate of drug-likeness (QED) is 0.777. The van der Waals surface area contributed by atoms with Gasteiger partial charge in [-0.2, -0.15) is 0 Å². The molecule has 0 radical (unpaired) electrons. The fourth-order valence-corrected chi connectivity index (χ4v) is 1.66. The molecule has 2 rings (SSSR count). The third-order valence-corrected chi connectivity index (χ3v) is 2.58. The van der Waals surface area contributed by atoms with Crippen LogP contribution in [-0.2, 0) is 0 Å². The number of H-pyrrole nitrogens is 1. The van der Waals surface area contributed by atoms with Crippen molar-refractivity contribution in [3.8, 4) is 5.69 Å². The van der Waals surface area contributed by atoms with Crippen LogP contribution in [-0.4, -0.2) is 20.3 Å². The van der Waals surface area contributed by atoms with E-state index in [2.05, 4.69) is 9.97 Å². The zero-order valence-electron chi connectivity index (χ0n) is 9.93. The molecule has 6 heteroatoms. The van der Waals surface area contributed by atoms with E-state index in [0.717, 1.165) is 10.8 Å². The number of hydrogen-bond acceptors (Lipinski definition) is 4. The molecule has 0 atom stereocenters. The minimum Gasteiger partial charge on any atom is -0.313 e. The lowest BCUT2D eigenvalue weighted by Crippen LogP contribution is -2.36. The lowest BCUT2D eigenvalue weighted by atomic mass is 10.2. The van der Waals surface area contributed by atoms with Gasteiger partial charge in [-0.15, -0.1) is 0 Å². The monoisotopic (exact) mass is 245 g/mol. The van der Waals surface area contributed by atoms with E-state index < -0.39 is 17.0 Å². The molecule has 0 aliphatic rings. The maximum absolute atomic E-state index is 12.1. The first-order valence-corrected chi connectivity index (χ1v) is 5.30. The summed E-state index contributed by atoms with van der Waals surface area (Å²) in [5.41, 5.74) is -0.390. The summed E-state index contributed by atoms with van der Waals surface area (Å²) in [7, 11) is 0. The van der Waals surface area contributed by atoms with Gasteiger partial charge in [0.1, 0.15) is 0 Å². The minimum atomic E-state index is -0.637. The Hall–Kier alpha value is -2.50. The number of hydrogen-bond donors (Lipinski definition) is 1. The van der Waals surface area contributed by atoms with Crippen LogP contribution in [0, 0.1) is 6.92 Å². The Morgan fingerprint density at radius 3 is 2.72 bits per heavy atom. The number of aromatic amines is 1. The topological polar surface area (TPSA) is 84.8 Å². The predicted octanol–water partition coefficient (Wildman–Crippen LogP) is 0.432. The van der Waals surface area contributed by atoms with E-state index in [0.29, 0.717) is 11.4 Å². The van der Waals surface area contributed by atoms with Crippen LogP contribution in [0.4, 0.5) is 0 Å². The number of aryl methyl sites for hydroxylation is 1. The van der Waals surface area contributed by atoms with Crippen LogP contribution >= 0.6 is 0 Å². The molecule has 1 N–H and O–H groups in total. The van der Waals surface area contributed by atoms with E-state index in [1.807, 2.05) is 0 Å². The molecule has 0 unspecified atom stereocenters. The minimum absolute atomic E-state index is 0.0575. The van der Waals surface area contributed by atoms with Gasteiger partial charge in [-0.05, 0) is 26.0 Å². The maximum Gasteiger partial charge on any atom is 0.333 e. The molecule has 2 aromatic heterocycles. The Balaban J connectivity index is 2.84. The van der Waals surface area contributed by atoms with Gasteiger partial charge < -0.3 is 4.98 Å². The van der Waals surface area contributed by atoms with E-state index in [9.17, 15) is 14.4 Å². The summed E-state index contributed by atoms with van der Waals surface area (Å²) in [4.78, 5) is 41.5. The van der Waals surface area contributed by atoms with Gasteiger partial charge in [0, 0.05) is 12.4 Å². The van der Waals surface area contributed by atoms with E-state index in [-0.39, 0.29) is 5.56 Å². The van der Waals surface area contributed by atoms with Crippen molar-refractivity contribution < 1.29 is 4.79 Å². The summed E-state index contributed by atoms with van der Waals surface area (Å²) < 4.78 is 0.916. The molecule has 0 amide bonds. The van der Waals surface area contributed by atoms with Crippen molar-refractivity contribution in [3.63, 3.8) is 0 Å². The SMILES string of the molecule is CC(=O)c1c[nH]c(=O)n(-c2cccnc2C)c1=O. The number of carbonyl (C=O) groups is 1. The molecule has 6 nitrogen and oxygen atoms in total. The number of nitrogens with one attached hydrogen (secondary N) is 1. The number of pyridine rings is 1. The van der Waals surface area contributed by atoms with Gasteiger partial charge in [0.05, 0.1) is 16.9 Å². The van der Waals surface area contributed by atoms with Crippen molar-refractivity contribution in [2.24, 2.45) is 0 Å². The van der Waals surface area contributed by atoms with Gasteiger partial charge in [0.25, 0.3) is 5.56 Å². The van der Waals surface area contributed by atoms with Crippen LogP contribution in [0.5, 0.6) is 0 Å². The van der Waals surface area contributed by atoms with Crippen LogP contribution in [0.15, 0.2) is 34.1 Å². The highest BCUT2D eigenvalue weighted by molar-refractivity contribution is 5.93. The average Bonchev–Trinajstić information content (AvgIpc) is 2.31. The molecule has 0 saturated heterocycles. The molecular formula is C12H11N3O3. The summed E-state index contributed by atoms with van der Waals surface area (Å²) >= 11 is 0. The molecule has 0 aromatic carbocycles. The van der Waals surface area contributed by atoms with Gasteiger partial charge in [0.15, 0.2) is 5.78 Å². The largest absolute Gasteiger partial charge is 0.333 e. The molecule has 18 heavy (non-hydrogen) atoms. The number of carbonyl (C=O) groups excluding carboxylic acids is 1. The fourth-order valence-electron chi connectivity index (χ4n) is 1.66. The molecule has 2 heterocycles. The highest BCUT2D eigenvalue weighted by atomic mass is 16.2. The Labute approximate surface area is 102 Å². The van der Waals surface area contributed by atoms with E-state index in [4.69, 9.17) is 0 Å². The third-order valence-electron chi connectivity index (χ3n) is 2.58. The molecular weight excluding hydrogens is 234 g/mol. The van der Waals surface area contributed by atoms with Gasteiger partial charge in [0.2, 0.25) is 0 Å². The second-order valence-electron chi connectivity index (χ2n) is 3.81. The standard InChI is InChI=1S/C12H11N3O3/c1-7-10(4-3-5-13-7)15-11(17)9(8(2)16)6-14-12(15)18/h3-6H,1-2H3,(H,14,18). The summed E-state index contributed by atoms with van der Waals surface area (Å²) in [5.74, 6) is -0.397. The summed E-state index contributed by atoms with van der Waals surface area (Å²) in [6, 6.07) is 3.22. The predicted molar refractivity (Wildman–Crippen MR) is 65.2 cm³/mol. The Morgan fingerprint density at radius 2 is 2.11 bits per heavy atom. The number of ketones is 1. The van der Waals surface area contributed by atoms with Gasteiger partial charge in [-0.3, -0.25) is 14.6 Å². The molecule has 0 spiro atoms. The first kappa shape index (κ1) is 12.0. The van der Waals surface area contributed by atoms with Gasteiger partial charge >= 0.3 is 5.69 Å². The van der Waals surface area contributed by atoms with Crippen molar-refractivity contribution in [1.29, 1.82) is 0 Å². The van der Waals surface area contributed by atoms with Crippen molar-refractivity contribution in [3.05, 3.63) is 56.6 Å². The maximum atomic E-state index is 12.1. The molecule has 0 bridgehead atoms. The second kappa shape index (κ2) is 4.40. The van der Waals surface area contributed by atoms with Crippen LogP contribution in [0.25, 0.3) is 5.69 Å². The van der Waals surface area contributed by atoms with Gasteiger partial charge in [-0.25, -0.2) is 9.36 Å². The molecule has 0 fully saturated rings. The Morgan fingerprint density at radius 1 is 1.39 bits per heavy atom. The Kier molecular flexibility index (Phi) is 2.93. The summed E-state index contributed by atoms with van der Waals surface area (Å²) in [6.45, 7) is 2.96. The number of aromatic nitrogens is 3. The van der Waals surface area contributed by atoms with Crippen LogP contribution in [0.1, 0.15) is 23.0 Å². The first-order chi connectivity index (χ1) is 8.52. The first-order valence-electron chi connectivity index (χ1n) is 5.30. The number of nitrogens with zero attached hydrogens (tertiary/aromatic N) is 2. The average molecular weight is 245 g/mol. The van der Waals surface area contributed by atoms with Crippen molar-refractivity contribution >= 4 is 5.78 Å². The lowest BCUT2D eigenvalue weighted by Gasteiger charge is -2.07. The zero-order valence-corrected chi connectivity index (χ0v) is 9.93. The van der Waals surface area contributed by atoms with E-state index in [1.54, 1.807) is 25.3 Å². The highest BCUT2D eigenvalue weighted by Gasteiger charge is 2.13.